The highest BCUT2D eigenvalue weighted by Gasteiger charge is 2.27. The number of pyridine rings is 1. The molecule has 5 rings (SSSR count). The zero-order valence-corrected chi connectivity index (χ0v) is 17.5. The number of piperazine rings is 1. The van der Waals surface area contributed by atoms with Crippen LogP contribution in [0.3, 0.4) is 0 Å². The quantitative estimate of drug-likeness (QED) is 0.508. The van der Waals surface area contributed by atoms with Gasteiger partial charge in [-0.3, -0.25) is 4.79 Å². The number of thiazole rings is 1. The lowest BCUT2D eigenvalue weighted by molar-refractivity contribution is 0.0745. The fourth-order valence-corrected chi connectivity index (χ4v) is 4.81. The van der Waals surface area contributed by atoms with Gasteiger partial charge in [0.15, 0.2) is 5.13 Å². The van der Waals surface area contributed by atoms with E-state index in [-0.39, 0.29) is 5.91 Å². The van der Waals surface area contributed by atoms with E-state index in [0.29, 0.717) is 18.7 Å². The highest BCUT2D eigenvalue weighted by atomic mass is 32.1. The molecule has 1 fully saturated rings. The molecule has 0 N–H and O–H groups in total. The van der Waals surface area contributed by atoms with E-state index in [1.54, 1.807) is 23.7 Å². The molecule has 0 atom stereocenters. The van der Waals surface area contributed by atoms with Gasteiger partial charge in [-0.2, -0.15) is 5.10 Å². The third-order valence-electron chi connectivity index (χ3n) is 5.43. The highest BCUT2D eigenvalue weighted by molar-refractivity contribution is 7.21. The summed E-state index contributed by atoms with van der Waals surface area (Å²) < 4.78 is 1.87. The summed E-state index contributed by atoms with van der Waals surface area (Å²) in [7, 11) is 0. The van der Waals surface area contributed by atoms with E-state index in [4.69, 9.17) is 4.98 Å². The zero-order chi connectivity index (χ0) is 20.5. The Morgan fingerprint density at radius 1 is 1.07 bits per heavy atom. The van der Waals surface area contributed by atoms with E-state index in [0.717, 1.165) is 46.4 Å². The molecule has 4 aromatic rings. The van der Waals surface area contributed by atoms with Gasteiger partial charge < -0.3 is 9.80 Å². The maximum absolute atomic E-state index is 13.2. The van der Waals surface area contributed by atoms with Crippen molar-refractivity contribution < 1.29 is 4.79 Å². The van der Waals surface area contributed by atoms with Gasteiger partial charge in [0.05, 0.1) is 23.1 Å². The Labute approximate surface area is 178 Å². The number of benzene rings is 1. The normalized spacial score (nSPS) is 14.4. The van der Waals surface area contributed by atoms with Crippen LogP contribution >= 0.6 is 11.3 Å². The van der Waals surface area contributed by atoms with Gasteiger partial charge >= 0.3 is 0 Å². The van der Waals surface area contributed by atoms with Gasteiger partial charge in [0.25, 0.3) is 5.91 Å². The number of rotatable bonds is 4. The molecule has 0 unspecified atom stereocenters. The third-order valence-corrected chi connectivity index (χ3v) is 6.47. The number of nitrogens with zero attached hydrogens (tertiary/aromatic N) is 6. The van der Waals surface area contributed by atoms with Gasteiger partial charge in [-0.1, -0.05) is 36.5 Å². The van der Waals surface area contributed by atoms with Gasteiger partial charge in [0.2, 0.25) is 0 Å². The van der Waals surface area contributed by atoms with Crippen LogP contribution in [0.1, 0.15) is 23.0 Å². The van der Waals surface area contributed by atoms with Crippen LogP contribution in [0.2, 0.25) is 0 Å². The SMILES string of the molecule is CCc1c(C(=O)N2CCN(c3nc4cccnc4s3)CC2)cnn1-c1ccccc1. The van der Waals surface area contributed by atoms with Crippen molar-refractivity contribution in [3.05, 3.63) is 66.1 Å². The number of hydrogen-bond donors (Lipinski definition) is 0. The van der Waals surface area contributed by atoms with E-state index in [1.807, 2.05) is 52.0 Å². The summed E-state index contributed by atoms with van der Waals surface area (Å²) >= 11 is 1.60. The second-order valence-corrected chi connectivity index (χ2v) is 8.17. The average Bonchev–Trinajstić information content (AvgIpc) is 3.43. The van der Waals surface area contributed by atoms with Crippen molar-refractivity contribution in [2.45, 2.75) is 13.3 Å². The predicted molar refractivity (Wildman–Crippen MR) is 118 cm³/mol. The number of para-hydroxylation sites is 1. The smallest absolute Gasteiger partial charge is 0.257 e. The molecule has 30 heavy (non-hydrogen) atoms. The van der Waals surface area contributed by atoms with Crippen molar-refractivity contribution in [2.75, 3.05) is 31.1 Å². The van der Waals surface area contributed by atoms with E-state index in [9.17, 15) is 4.79 Å². The molecule has 0 bridgehead atoms. The van der Waals surface area contributed by atoms with Crippen LogP contribution in [-0.2, 0) is 6.42 Å². The maximum Gasteiger partial charge on any atom is 0.257 e. The number of hydrogen-bond acceptors (Lipinski definition) is 6. The fourth-order valence-electron chi connectivity index (χ4n) is 3.85. The minimum Gasteiger partial charge on any atom is -0.344 e. The highest BCUT2D eigenvalue weighted by Crippen LogP contribution is 2.28. The summed E-state index contributed by atoms with van der Waals surface area (Å²) in [6.07, 6.45) is 4.25. The lowest BCUT2D eigenvalue weighted by atomic mass is 10.1. The van der Waals surface area contributed by atoms with Gasteiger partial charge in [0.1, 0.15) is 10.3 Å². The number of anilines is 1. The zero-order valence-electron chi connectivity index (χ0n) is 16.7. The molecular weight excluding hydrogens is 396 g/mol. The molecule has 0 saturated carbocycles. The third kappa shape index (κ3) is 3.33. The Kier molecular flexibility index (Phi) is 4.92. The summed E-state index contributed by atoms with van der Waals surface area (Å²) in [4.78, 5) is 27.4. The number of carbonyl (C=O) groups is 1. The number of fused-ring (bicyclic) bond motifs is 1. The van der Waals surface area contributed by atoms with Crippen LogP contribution in [0.15, 0.2) is 54.9 Å². The van der Waals surface area contributed by atoms with Crippen LogP contribution in [0.5, 0.6) is 0 Å². The Bertz CT molecular complexity index is 1140. The first-order valence-electron chi connectivity index (χ1n) is 10.1. The van der Waals surface area contributed by atoms with Crippen molar-refractivity contribution in [1.29, 1.82) is 0 Å². The summed E-state index contributed by atoms with van der Waals surface area (Å²) in [5.41, 5.74) is 3.55. The molecule has 1 amide bonds. The van der Waals surface area contributed by atoms with E-state index in [2.05, 4.69) is 21.9 Å². The lowest BCUT2D eigenvalue weighted by Gasteiger charge is -2.34. The van der Waals surface area contributed by atoms with Crippen LogP contribution in [-0.4, -0.2) is 56.7 Å². The van der Waals surface area contributed by atoms with Crippen LogP contribution in [0.25, 0.3) is 16.0 Å². The molecule has 7 nitrogen and oxygen atoms in total. The standard InChI is InChI=1S/C22H22N6OS/c1-2-19-17(15-24-28(19)16-7-4-3-5-8-16)21(29)26-11-13-27(14-12-26)22-25-18-9-6-10-23-20(18)30-22/h3-10,15H,2,11-14H2,1H3. The number of aromatic nitrogens is 4. The summed E-state index contributed by atoms with van der Waals surface area (Å²) in [5.74, 6) is 0.0552. The molecule has 1 aliphatic heterocycles. The first-order chi connectivity index (χ1) is 14.7. The topological polar surface area (TPSA) is 67.2 Å². The average molecular weight is 419 g/mol. The monoisotopic (exact) mass is 418 g/mol. The van der Waals surface area contributed by atoms with Gasteiger partial charge in [-0.25, -0.2) is 14.6 Å². The minimum absolute atomic E-state index is 0.0552. The van der Waals surface area contributed by atoms with E-state index >= 15 is 0 Å². The summed E-state index contributed by atoms with van der Waals surface area (Å²) in [5, 5.41) is 5.48. The molecule has 0 radical (unpaired) electrons. The van der Waals surface area contributed by atoms with Gasteiger partial charge in [0, 0.05) is 32.4 Å². The molecule has 0 spiro atoms. The molecule has 1 aromatic carbocycles. The van der Waals surface area contributed by atoms with Crippen LogP contribution in [0, 0.1) is 0 Å². The molecule has 8 heteroatoms. The molecule has 4 heterocycles. The summed E-state index contributed by atoms with van der Waals surface area (Å²) in [6.45, 7) is 4.93. The number of amides is 1. The predicted octanol–water partition coefficient (Wildman–Crippen LogP) is 3.40. The second-order valence-electron chi connectivity index (χ2n) is 7.21. The molecule has 0 aliphatic carbocycles. The van der Waals surface area contributed by atoms with E-state index < -0.39 is 0 Å². The Morgan fingerprint density at radius 3 is 2.60 bits per heavy atom. The van der Waals surface area contributed by atoms with Gasteiger partial charge in [-0.15, -0.1) is 0 Å². The van der Waals surface area contributed by atoms with Crippen LogP contribution < -0.4 is 4.90 Å². The van der Waals surface area contributed by atoms with Crippen molar-refractivity contribution in [3.63, 3.8) is 0 Å². The molecular formula is C22H22N6OS. The Hall–Kier alpha value is -3.26. The molecule has 1 aliphatic rings. The first-order valence-corrected chi connectivity index (χ1v) is 10.9. The van der Waals surface area contributed by atoms with Crippen molar-refractivity contribution in [3.8, 4) is 5.69 Å². The van der Waals surface area contributed by atoms with E-state index in [1.165, 1.54) is 0 Å². The fraction of sp³-hybridized carbons (Fsp3) is 0.273. The summed E-state index contributed by atoms with van der Waals surface area (Å²) in [6, 6.07) is 13.8. The number of carbonyl (C=O) groups excluding carboxylic acids is 1. The Balaban J connectivity index is 1.32. The molecule has 152 valence electrons. The second kappa shape index (κ2) is 7.87. The van der Waals surface area contributed by atoms with Crippen molar-refractivity contribution in [1.82, 2.24) is 24.6 Å². The van der Waals surface area contributed by atoms with Crippen molar-refractivity contribution >= 4 is 32.7 Å². The minimum atomic E-state index is 0.0552. The first kappa shape index (κ1) is 18.7. The van der Waals surface area contributed by atoms with Gasteiger partial charge in [-0.05, 0) is 30.7 Å². The maximum atomic E-state index is 13.2. The van der Waals surface area contributed by atoms with Crippen LogP contribution in [0.4, 0.5) is 5.13 Å². The molecule has 1 saturated heterocycles. The largest absolute Gasteiger partial charge is 0.344 e. The Morgan fingerprint density at radius 2 is 1.87 bits per heavy atom. The van der Waals surface area contributed by atoms with Crippen molar-refractivity contribution in [2.24, 2.45) is 0 Å². The lowest BCUT2D eigenvalue weighted by Crippen LogP contribution is -2.48. The molecule has 3 aromatic heterocycles.